The smallest absolute Gasteiger partial charge is 0.243 e. The first kappa shape index (κ1) is 19.8. The van der Waals surface area contributed by atoms with E-state index in [9.17, 15) is 8.42 Å². The summed E-state index contributed by atoms with van der Waals surface area (Å²) in [6.07, 6.45) is 0. The molecule has 0 spiro atoms. The zero-order valence-corrected chi connectivity index (χ0v) is 16.9. The van der Waals surface area contributed by atoms with Gasteiger partial charge in [-0.05, 0) is 11.6 Å². The molecule has 0 unspecified atom stereocenters. The van der Waals surface area contributed by atoms with Crippen LogP contribution in [0, 0.1) is 6.92 Å². The number of methoxy groups -OCH3 is 1. The van der Waals surface area contributed by atoms with Gasteiger partial charge in [0.15, 0.2) is 11.5 Å². The Morgan fingerprint density at radius 2 is 1.82 bits per heavy atom. The molecule has 3 aromatic rings. The lowest BCUT2D eigenvalue weighted by Gasteiger charge is -2.18. The van der Waals surface area contributed by atoms with Crippen molar-refractivity contribution in [3.05, 3.63) is 53.9 Å². The lowest BCUT2D eigenvalue weighted by Crippen LogP contribution is -2.23. The molecule has 0 fully saturated rings. The van der Waals surface area contributed by atoms with E-state index in [2.05, 4.69) is 10.1 Å². The fraction of sp³-hybridized carbons (Fsp3) is 0.263. The van der Waals surface area contributed by atoms with E-state index < -0.39 is 10.0 Å². The van der Waals surface area contributed by atoms with E-state index in [1.165, 1.54) is 27.3 Å². The molecule has 3 rings (SSSR count). The molecule has 1 heterocycles. The third-order valence-corrected chi connectivity index (χ3v) is 5.89. The summed E-state index contributed by atoms with van der Waals surface area (Å²) in [6, 6.07) is 12.5. The third-order valence-electron chi connectivity index (χ3n) is 4.03. The molecular formula is C19H21N3O5S. The molecule has 0 amide bonds. The van der Waals surface area contributed by atoms with Crippen molar-refractivity contribution in [2.24, 2.45) is 0 Å². The molecule has 0 aliphatic rings. The Morgan fingerprint density at radius 3 is 2.39 bits per heavy atom. The van der Waals surface area contributed by atoms with Crippen LogP contribution < -0.4 is 9.47 Å². The van der Waals surface area contributed by atoms with Gasteiger partial charge in [-0.3, -0.25) is 0 Å². The Hall–Kier alpha value is -2.91. The monoisotopic (exact) mass is 403 g/mol. The van der Waals surface area contributed by atoms with Gasteiger partial charge in [0, 0.05) is 32.6 Å². The second-order valence-electron chi connectivity index (χ2n) is 6.20. The number of rotatable bonds is 7. The second kappa shape index (κ2) is 7.99. The Kier molecular flexibility index (Phi) is 5.66. The summed E-state index contributed by atoms with van der Waals surface area (Å²) < 4.78 is 43.2. The average Bonchev–Trinajstić information content (AvgIpc) is 3.12. The van der Waals surface area contributed by atoms with E-state index in [1.807, 2.05) is 30.3 Å². The first-order valence-electron chi connectivity index (χ1n) is 8.45. The number of aromatic nitrogens is 2. The molecule has 0 aliphatic carbocycles. The number of nitrogens with zero attached hydrogens (tertiary/aromatic N) is 3. The molecule has 8 nitrogen and oxygen atoms in total. The maximum absolute atomic E-state index is 12.9. The van der Waals surface area contributed by atoms with E-state index in [4.69, 9.17) is 14.0 Å². The molecule has 0 N–H and O–H groups in total. The molecular weight excluding hydrogens is 382 g/mol. The molecule has 1 aromatic heterocycles. The lowest BCUT2D eigenvalue weighted by atomic mass is 10.2. The van der Waals surface area contributed by atoms with Crippen molar-refractivity contribution in [1.82, 2.24) is 14.4 Å². The highest BCUT2D eigenvalue weighted by Crippen LogP contribution is 2.38. The largest absolute Gasteiger partial charge is 0.493 e. The predicted molar refractivity (Wildman–Crippen MR) is 103 cm³/mol. The fourth-order valence-corrected chi connectivity index (χ4v) is 3.62. The topological polar surface area (TPSA) is 94.8 Å². The first-order valence-corrected chi connectivity index (χ1v) is 9.89. The van der Waals surface area contributed by atoms with E-state index >= 15 is 0 Å². The molecule has 0 bridgehead atoms. The van der Waals surface area contributed by atoms with Crippen molar-refractivity contribution in [2.75, 3.05) is 21.2 Å². The van der Waals surface area contributed by atoms with Gasteiger partial charge < -0.3 is 14.0 Å². The summed E-state index contributed by atoms with van der Waals surface area (Å²) in [5.41, 5.74) is 1.22. The first-order chi connectivity index (χ1) is 13.3. The maximum atomic E-state index is 12.9. The standard InChI is InChI=1S/C19H21N3O5S/c1-13-20-19(21-27-13)15-10-16(25-4)17(11-18(15)28(23,24)22(2)3)26-12-14-8-6-5-7-9-14/h5-11H,12H2,1-4H3. The van der Waals surface area contributed by atoms with Gasteiger partial charge in [-0.15, -0.1) is 0 Å². The molecule has 0 saturated carbocycles. The van der Waals surface area contributed by atoms with Crippen molar-refractivity contribution < 1.29 is 22.4 Å². The van der Waals surface area contributed by atoms with Crippen molar-refractivity contribution in [1.29, 1.82) is 0 Å². The van der Waals surface area contributed by atoms with Crippen LogP contribution in [0.4, 0.5) is 0 Å². The molecule has 0 saturated heterocycles. The minimum atomic E-state index is -3.80. The quantitative estimate of drug-likeness (QED) is 0.599. The van der Waals surface area contributed by atoms with Crippen LogP contribution in [0.15, 0.2) is 51.9 Å². The molecule has 9 heteroatoms. The highest BCUT2D eigenvalue weighted by Gasteiger charge is 2.27. The van der Waals surface area contributed by atoms with Gasteiger partial charge in [-0.1, -0.05) is 35.5 Å². The minimum Gasteiger partial charge on any atom is -0.493 e. The van der Waals surface area contributed by atoms with Gasteiger partial charge >= 0.3 is 0 Å². The van der Waals surface area contributed by atoms with Crippen LogP contribution >= 0.6 is 0 Å². The van der Waals surface area contributed by atoms with Crippen molar-refractivity contribution in [3.8, 4) is 22.9 Å². The van der Waals surface area contributed by atoms with Crippen LogP contribution in [0.5, 0.6) is 11.5 Å². The highest BCUT2D eigenvalue weighted by molar-refractivity contribution is 7.89. The van der Waals surface area contributed by atoms with Crippen LogP contribution in [0.1, 0.15) is 11.5 Å². The average molecular weight is 403 g/mol. The normalized spacial score (nSPS) is 11.6. The summed E-state index contributed by atoms with van der Waals surface area (Å²) in [5.74, 6) is 1.15. The summed E-state index contributed by atoms with van der Waals surface area (Å²) in [7, 11) is 0.589. The van der Waals surface area contributed by atoms with Crippen LogP contribution in [0.2, 0.25) is 0 Å². The van der Waals surface area contributed by atoms with Crippen LogP contribution in [-0.2, 0) is 16.6 Å². The Labute approximate surface area is 163 Å². The van der Waals surface area contributed by atoms with Crippen LogP contribution in [0.25, 0.3) is 11.4 Å². The molecule has 0 aliphatic heterocycles. The number of hydrogen-bond donors (Lipinski definition) is 0. The molecule has 148 valence electrons. The summed E-state index contributed by atoms with van der Waals surface area (Å²) in [4.78, 5) is 4.16. The maximum Gasteiger partial charge on any atom is 0.243 e. The fourth-order valence-electron chi connectivity index (χ4n) is 2.54. The van der Waals surface area contributed by atoms with Crippen LogP contribution in [-0.4, -0.2) is 44.1 Å². The van der Waals surface area contributed by atoms with E-state index in [-0.39, 0.29) is 22.9 Å². The molecule has 0 atom stereocenters. The SMILES string of the molecule is COc1cc(-c2noc(C)n2)c(S(=O)(=O)N(C)C)cc1OCc1ccccc1. The van der Waals surface area contributed by atoms with Crippen molar-refractivity contribution in [2.45, 2.75) is 18.4 Å². The highest BCUT2D eigenvalue weighted by atomic mass is 32.2. The van der Waals surface area contributed by atoms with Gasteiger partial charge in [0.25, 0.3) is 0 Å². The van der Waals surface area contributed by atoms with E-state index in [1.54, 1.807) is 13.0 Å². The van der Waals surface area contributed by atoms with Gasteiger partial charge in [-0.2, -0.15) is 4.98 Å². The predicted octanol–water partition coefficient (Wildman–Crippen LogP) is 2.88. The van der Waals surface area contributed by atoms with E-state index in [0.717, 1.165) is 9.87 Å². The lowest BCUT2D eigenvalue weighted by molar-refractivity contribution is 0.283. The summed E-state index contributed by atoms with van der Waals surface area (Å²) >= 11 is 0. The third kappa shape index (κ3) is 4.00. The zero-order chi connectivity index (χ0) is 20.3. The summed E-state index contributed by atoms with van der Waals surface area (Å²) in [6.45, 7) is 1.89. The Morgan fingerprint density at radius 1 is 1.11 bits per heavy atom. The molecule has 28 heavy (non-hydrogen) atoms. The molecule has 2 aromatic carbocycles. The number of hydrogen-bond acceptors (Lipinski definition) is 7. The Balaban J connectivity index is 2.11. The number of benzene rings is 2. The summed E-state index contributed by atoms with van der Waals surface area (Å²) in [5, 5.41) is 3.85. The number of aryl methyl sites for hydroxylation is 1. The van der Waals surface area contributed by atoms with Gasteiger partial charge in [0.05, 0.1) is 12.0 Å². The van der Waals surface area contributed by atoms with Gasteiger partial charge in [0.2, 0.25) is 21.7 Å². The molecule has 0 radical (unpaired) electrons. The van der Waals surface area contributed by atoms with Crippen LogP contribution in [0.3, 0.4) is 0 Å². The van der Waals surface area contributed by atoms with Crippen molar-refractivity contribution >= 4 is 10.0 Å². The second-order valence-corrected chi connectivity index (χ2v) is 8.32. The van der Waals surface area contributed by atoms with Gasteiger partial charge in [0.1, 0.15) is 6.61 Å². The number of sulfonamides is 1. The Bertz CT molecular complexity index is 1060. The van der Waals surface area contributed by atoms with Gasteiger partial charge in [-0.25, -0.2) is 12.7 Å². The zero-order valence-electron chi connectivity index (χ0n) is 16.0. The number of ether oxygens (including phenoxy) is 2. The van der Waals surface area contributed by atoms with E-state index in [0.29, 0.717) is 17.4 Å². The van der Waals surface area contributed by atoms with Crippen molar-refractivity contribution in [3.63, 3.8) is 0 Å². The minimum absolute atomic E-state index is 0.00200.